The number of rotatable bonds is 7. The number of carbonyl (C=O) groups excluding carboxylic acids is 1. The van der Waals surface area contributed by atoms with E-state index in [1.165, 1.54) is 0 Å². The summed E-state index contributed by atoms with van der Waals surface area (Å²) in [5, 5.41) is 3.12. The summed E-state index contributed by atoms with van der Waals surface area (Å²) >= 11 is 0. The summed E-state index contributed by atoms with van der Waals surface area (Å²) in [5.41, 5.74) is 4.31. The lowest BCUT2D eigenvalue weighted by molar-refractivity contribution is -0.116. The summed E-state index contributed by atoms with van der Waals surface area (Å²) in [6, 6.07) is 28.4. The summed E-state index contributed by atoms with van der Waals surface area (Å²) < 4.78 is 0. The molecule has 0 fully saturated rings. The molecule has 27 heavy (non-hydrogen) atoms. The van der Waals surface area contributed by atoms with Gasteiger partial charge in [-0.15, -0.1) is 0 Å². The minimum absolute atomic E-state index is 0.0268. The lowest BCUT2D eigenvalue weighted by atomic mass is 9.88. The van der Waals surface area contributed by atoms with Crippen molar-refractivity contribution in [3.8, 4) is 0 Å². The van der Waals surface area contributed by atoms with Crippen LogP contribution >= 0.6 is 0 Å². The van der Waals surface area contributed by atoms with Crippen LogP contribution in [0.5, 0.6) is 0 Å². The van der Waals surface area contributed by atoms with Gasteiger partial charge >= 0.3 is 0 Å². The van der Waals surface area contributed by atoms with Crippen molar-refractivity contribution in [1.29, 1.82) is 0 Å². The maximum absolute atomic E-state index is 12.9. The number of nitrogens with one attached hydrogen (secondary N) is 1. The number of nitrogens with zero attached hydrogens (tertiary/aromatic N) is 1. The zero-order valence-electron chi connectivity index (χ0n) is 15.9. The number of hydrogen-bond donors (Lipinski definition) is 1. The molecule has 0 radical (unpaired) electrons. The van der Waals surface area contributed by atoms with Gasteiger partial charge in [-0.3, -0.25) is 4.79 Å². The highest BCUT2D eigenvalue weighted by Gasteiger charge is 2.18. The highest BCUT2D eigenvalue weighted by atomic mass is 16.1. The Morgan fingerprint density at radius 1 is 0.815 bits per heavy atom. The first-order valence-electron chi connectivity index (χ1n) is 9.26. The standard InChI is InChI=1S/C24H26N2O/c1-26(2)18-21-15-9-10-16-23(21)25-24(27)17-22(19-11-5-3-6-12-19)20-13-7-4-8-14-20/h3-16,22H,17-18H2,1-2H3,(H,25,27). The minimum Gasteiger partial charge on any atom is -0.326 e. The lowest BCUT2D eigenvalue weighted by Gasteiger charge is -2.19. The van der Waals surface area contributed by atoms with Crippen molar-refractivity contribution >= 4 is 11.6 Å². The molecular formula is C24H26N2O. The second kappa shape index (κ2) is 9.15. The van der Waals surface area contributed by atoms with E-state index in [1.54, 1.807) is 0 Å². The van der Waals surface area contributed by atoms with Crippen molar-refractivity contribution in [2.45, 2.75) is 18.9 Å². The van der Waals surface area contributed by atoms with Gasteiger partial charge < -0.3 is 10.2 Å². The molecule has 0 saturated heterocycles. The second-order valence-corrected chi connectivity index (χ2v) is 7.02. The highest BCUT2D eigenvalue weighted by molar-refractivity contribution is 5.92. The van der Waals surface area contributed by atoms with E-state index < -0.39 is 0 Å². The molecule has 3 aromatic carbocycles. The van der Waals surface area contributed by atoms with Crippen molar-refractivity contribution in [2.24, 2.45) is 0 Å². The number of anilines is 1. The van der Waals surface area contributed by atoms with E-state index in [2.05, 4.69) is 40.5 Å². The molecule has 3 heteroatoms. The zero-order chi connectivity index (χ0) is 19.1. The van der Waals surface area contributed by atoms with Crippen molar-refractivity contribution < 1.29 is 4.79 Å². The lowest BCUT2D eigenvalue weighted by Crippen LogP contribution is -2.19. The van der Waals surface area contributed by atoms with Gasteiger partial charge in [-0.2, -0.15) is 0 Å². The van der Waals surface area contributed by atoms with E-state index in [0.29, 0.717) is 6.42 Å². The van der Waals surface area contributed by atoms with E-state index in [0.717, 1.165) is 28.9 Å². The first-order valence-corrected chi connectivity index (χ1v) is 9.26. The van der Waals surface area contributed by atoms with Crippen LogP contribution in [-0.2, 0) is 11.3 Å². The van der Waals surface area contributed by atoms with Gasteiger partial charge in [-0.1, -0.05) is 78.9 Å². The zero-order valence-corrected chi connectivity index (χ0v) is 15.9. The first kappa shape index (κ1) is 18.9. The van der Waals surface area contributed by atoms with Crippen LogP contribution in [0.15, 0.2) is 84.9 Å². The molecule has 0 aliphatic heterocycles. The molecule has 1 N–H and O–H groups in total. The molecule has 0 unspecified atom stereocenters. The fourth-order valence-electron chi connectivity index (χ4n) is 3.31. The number of amides is 1. The Bertz CT molecular complexity index is 820. The molecule has 0 aliphatic carbocycles. The van der Waals surface area contributed by atoms with Crippen LogP contribution in [0.1, 0.15) is 29.0 Å². The molecular weight excluding hydrogens is 332 g/mol. The average Bonchev–Trinajstić information content (AvgIpc) is 2.69. The van der Waals surface area contributed by atoms with Crippen molar-refractivity contribution in [3.05, 3.63) is 102 Å². The summed E-state index contributed by atoms with van der Waals surface area (Å²) in [4.78, 5) is 15.0. The van der Waals surface area contributed by atoms with Gasteiger partial charge in [-0.05, 0) is 36.9 Å². The summed E-state index contributed by atoms with van der Waals surface area (Å²) in [5.74, 6) is 0.0623. The predicted octanol–water partition coefficient (Wildman–Crippen LogP) is 4.91. The van der Waals surface area contributed by atoms with Gasteiger partial charge in [0.25, 0.3) is 0 Å². The van der Waals surface area contributed by atoms with E-state index in [4.69, 9.17) is 0 Å². The topological polar surface area (TPSA) is 32.3 Å². The maximum Gasteiger partial charge on any atom is 0.225 e. The highest BCUT2D eigenvalue weighted by Crippen LogP contribution is 2.28. The van der Waals surface area contributed by atoms with E-state index >= 15 is 0 Å². The number of hydrogen-bond acceptors (Lipinski definition) is 2. The van der Waals surface area contributed by atoms with E-state index in [9.17, 15) is 4.79 Å². The fraction of sp³-hybridized carbons (Fsp3) is 0.208. The first-order chi connectivity index (χ1) is 13.1. The van der Waals surface area contributed by atoms with E-state index in [1.807, 2.05) is 68.7 Å². The Labute approximate surface area is 161 Å². The largest absolute Gasteiger partial charge is 0.326 e. The second-order valence-electron chi connectivity index (χ2n) is 7.02. The molecule has 0 aromatic heterocycles. The van der Waals surface area contributed by atoms with Crippen LogP contribution in [-0.4, -0.2) is 24.9 Å². The number of benzene rings is 3. The third-order valence-electron chi connectivity index (χ3n) is 4.57. The molecule has 3 rings (SSSR count). The molecule has 0 saturated carbocycles. The Hall–Kier alpha value is -2.91. The fourth-order valence-corrected chi connectivity index (χ4v) is 3.31. The van der Waals surface area contributed by atoms with Crippen molar-refractivity contribution in [1.82, 2.24) is 4.90 Å². The Morgan fingerprint density at radius 2 is 1.33 bits per heavy atom. The van der Waals surface area contributed by atoms with Crippen LogP contribution in [0, 0.1) is 0 Å². The molecule has 3 aromatic rings. The van der Waals surface area contributed by atoms with Gasteiger partial charge in [0.2, 0.25) is 5.91 Å². The Kier molecular flexibility index (Phi) is 6.39. The van der Waals surface area contributed by atoms with Crippen LogP contribution in [0.25, 0.3) is 0 Å². The molecule has 0 atom stereocenters. The number of carbonyl (C=O) groups is 1. The molecule has 0 bridgehead atoms. The quantitative estimate of drug-likeness (QED) is 0.651. The minimum atomic E-state index is 0.0268. The van der Waals surface area contributed by atoms with Gasteiger partial charge in [0.15, 0.2) is 0 Å². The van der Waals surface area contributed by atoms with Crippen LogP contribution in [0.2, 0.25) is 0 Å². The molecule has 3 nitrogen and oxygen atoms in total. The molecule has 1 amide bonds. The van der Waals surface area contributed by atoms with Crippen molar-refractivity contribution in [2.75, 3.05) is 19.4 Å². The van der Waals surface area contributed by atoms with Gasteiger partial charge in [0.05, 0.1) is 0 Å². The SMILES string of the molecule is CN(C)Cc1ccccc1NC(=O)CC(c1ccccc1)c1ccccc1. The third-order valence-corrected chi connectivity index (χ3v) is 4.57. The Morgan fingerprint density at radius 3 is 1.89 bits per heavy atom. The maximum atomic E-state index is 12.9. The average molecular weight is 358 g/mol. The Balaban J connectivity index is 1.80. The molecule has 138 valence electrons. The summed E-state index contributed by atoms with van der Waals surface area (Å²) in [6.07, 6.45) is 0.407. The van der Waals surface area contributed by atoms with Gasteiger partial charge in [0.1, 0.15) is 0 Å². The monoisotopic (exact) mass is 358 g/mol. The van der Waals surface area contributed by atoms with Gasteiger partial charge in [0, 0.05) is 24.6 Å². The normalized spacial score (nSPS) is 11.0. The smallest absolute Gasteiger partial charge is 0.225 e. The van der Waals surface area contributed by atoms with Crippen LogP contribution in [0.4, 0.5) is 5.69 Å². The van der Waals surface area contributed by atoms with Crippen molar-refractivity contribution in [3.63, 3.8) is 0 Å². The molecule has 0 heterocycles. The molecule has 0 aliphatic rings. The summed E-state index contributed by atoms with van der Waals surface area (Å²) in [6.45, 7) is 0.789. The van der Waals surface area contributed by atoms with Crippen LogP contribution < -0.4 is 5.32 Å². The molecule has 0 spiro atoms. The van der Waals surface area contributed by atoms with E-state index in [-0.39, 0.29) is 11.8 Å². The summed E-state index contributed by atoms with van der Waals surface area (Å²) in [7, 11) is 4.05. The van der Waals surface area contributed by atoms with Crippen LogP contribution in [0.3, 0.4) is 0 Å². The predicted molar refractivity (Wildman–Crippen MR) is 112 cm³/mol. The number of para-hydroxylation sites is 1. The third kappa shape index (κ3) is 5.28. The van der Waals surface area contributed by atoms with Gasteiger partial charge in [-0.25, -0.2) is 0 Å².